The maximum Gasteiger partial charge on any atom is 0.376 e. The van der Waals surface area contributed by atoms with Crippen molar-refractivity contribution in [2.75, 3.05) is 12.0 Å². The van der Waals surface area contributed by atoms with E-state index in [2.05, 4.69) is 118 Å². The van der Waals surface area contributed by atoms with Gasteiger partial charge in [0.1, 0.15) is 24.3 Å². The van der Waals surface area contributed by atoms with E-state index in [1.165, 1.54) is 14.7 Å². The second-order valence-electron chi connectivity index (χ2n) is 11.9. The number of ether oxygens (including phenoxy) is 3. The second kappa shape index (κ2) is 18.5. The van der Waals surface area contributed by atoms with Crippen molar-refractivity contribution in [1.82, 2.24) is 0 Å². The Morgan fingerprint density at radius 1 is 0.824 bits per heavy atom. The van der Waals surface area contributed by atoms with E-state index in [0.717, 1.165) is 31.7 Å². The molecule has 4 aromatic rings. The smallest absolute Gasteiger partial charge is 0.376 e. The first-order valence-corrected chi connectivity index (χ1v) is 19.4. The Balaban J connectivity index is 0.000000184. The summed E-state index contributed by atoms with van der Waals surface area (Å²) < 4.78 is 63.7. The average Bonchev–Trinajstić information content (AvgIpc) is 3.77. The van der Waals surface area contributed by atoms with Gasteiger partial charge in [0.25, 0.3) is 0 Å². The summed E-state index contributed by atoms with van der Waals surface area (Å²) in [5.41, 5.74) is 0.251. The molecule has 2 saturated carbocycles. The zero-order chi connectivity index (χ0) is 37.1. The number of carbonyl (C=O) groups excluding carboxylic acids is 3. The van der Waals surface area contributed by atoms with Crippen LogP contribution in [-0.4, -0.2) is 42.0 Å². The van der Waals surface area contributed by atoms with Crippen molar-refractivity contribution in [3.8, 4) is 0 Å². The summed E-state index contributed by atoms with van der Waals surface area (Å²) in [6, 6.07) is 35.2. The minimum atomic E-state index is -3.35. The number of methoxy groups -OCH3 is 1. The lowest BCUT2D eigenvalue weighted by Gasteiger charge is -2.22. The molecule has 12 heteroatoms. The monoisotopic (exact) mass is 837 g/mol. The summed E-state index contributed by atoms with van der Waals surface area (Å²) in [5.74, 6) is -7.71. The van der Waals surface area contributed by atoms with Crippen LogP contribution < -0.4 is 0 Å². The predicted molar refractivity (Wildman–Crippen MR) is 193 cm³/mol. The largest absolute Gasteiger partial charge is 0.465 e. The first-order chi connectivity index (χ1) is 24.5. The number of hydrogen-bond donors (Lipinski definition) is 0. The molecule has 0 amide bonds. The standard InChI is InChI=1S/C18H15S.C16H14F2O4.C4H6F2O2.CH3I/c1-4-10-16(11-5-1)19(17-12-6-2-7-13-17)18-14-8-3-9-15-18;17-9-1-7(2-10(18)5-9)6-21-15(19)13-8-3-11-12(4-8)22-16(20)14(11)13;1-4(5,6)3(7)8-2;1-2/h1-15H;1-2,5,8,11-14H,3-4,6H2;1-2H3;1H3/q+1;;;. The molecule has 1 saturated heterocycles. The molecule has 0 aromatic heterocycles. The number of halogens is 5. The number of rotatable bonds is 7. The number of hydrogen-bond acceptors (Lipinski definition) is 6. The van der Waals surface area contributed by atoms with Crippen LogP contribution in [0.25, 0.3) is 0 Å². The van der Waals surface area contributed by atoms with Crippen molar-refractivity contribution >= 4 is 51.4 Å². The predicted octanol–water partition coefficient (Wildman–Crippen LogP) is 8.85. The number of benzene rings is 4. The molecular formula is C39H38F4IO6S+. The van der Waals surface area contributed by atoms with Crippen molar-refractivity contribution in [3.05, 3.63) is 126 Å². The van der Waals surface area contributed by atoms with Gasteiger partial charge in [-0.15, -0.1) is 0 Å². The van der Waals surface area contributed by atoms with Gasteiger partial charge in [0.05, 0.1) is 29.8 Å². The number of alkyl halides is 3. The van der Waals surface area contributed by atoms with Crippen LogP contribution in [0.3, 0.4) is 0 Å². The molecule has 0 N–H and O–H groups in total. The molecule has 6 nitrogen and oxygen atoms in total. The van der Waals surface area contributed by atoms with Gasteiger partial charge in [-0.25, -0.2) is 13.6 Å². The molecule has 1 aliphatic heterocycles. The normalized spacial score (nSPS) is 20.8. The van der Waals surface area contributed by atoms with E-state index in [0.29, 0.717) is 13.3 Å². The number of fused-ring (bicyclic) bond motifs is 1. The van der Waals surface area contributed by atoms with Crippen LogP contribution in [0.1, 0.15) is 25.3 Å². The van der Waals surface area contributed by atoms with Crippen LogP contribution in [0.2, 0.25) is 0 Å². The molecule has 2 bridgehead atoms. The Morgan fingerprint density at radius 2 is 1.29 bits per heavy atom. The van der Waals surface area contributed by atoms with Crippen LogP contribution in [0.5, 0.6) is 0 Å². The summed E-state index contributed by atoms with van der Waals surface area (Å²) in [5, 5.41) is 0. The van der Waals surface area contributed by atoms with Gasteiger partial charge in [0, 0.05) is 18.9 Å². The number of carbonyl (C=O) groups is 3. The fourth-order valence-electron chi connectivity index (χ4n) is 6.53. The van der Waals surface area contributed by atoms with Crippen LogP contribution in [0.15, 0.2) is 124 Å². The Morgan fingerprint density at radius 3 is 1.71 bits per heavy atom. The maximum absolute atomic E-state index is 13.1. The summed E-state index contributed by atoms with van der Waals surface area (Å²) in [6.45, 7) is 0.283. The van der Waals surface area contributed by atoms with Gasteiger partial charge in [0.2, 0.25) is 0 Å². The Kier molecular flexibility index (Phi) is 14.5. The molecule has 0 spiro atoms. The van der Waals surface area contributed by atoms with Crippen LogP contribution >= 0.6 is 22.6 Å². The van der Waals surface area contributed by atoms with Crippen LogP contribution in [0.4, 0.5) is 17.6 Å². The van der Waals surface area contributed by atoms with E-state index < -0.39 is 41.3 Å². The highest BCUT2D eigenvalue weighted by molar-refractivity contribution is 14.1. The molecule has 7 rings (SSSR count). The highest BCUT2D eigenvalue weighted by atomic mass is 127. The lowest BCUT2D eigenvalue weighted by Crippen LogP contribution is -2.33. The van der Waals surface area contributed by atoms with E-state index in [1.807, 2.05) is 4.93 Å². The summed E-state index contributed by atoms with van der Waals surface area (Å²) in [6.07, 6.45) is 1.49. The van der Waals surface area contributed by atoms with Gasteiger partial charge in [-0.2, -0.15) is 8.78 Å². The molecule has 0 radical (unpaired) electrons. The van der Waals surface area contributed by atoms with Crippen molar-refractivity contribution in [1.29, 1.82) is 0 Å². The van der Waals surface area contributed by atoms with Crippen molar-refractivity contribution in [3.63, 3.8) is 0 Å². The van der Waals surface area contributed by atoms with E-state index in [1.54, 1.807) is 0 Å². The minimum Gasteiger partial charge on any atom is -0.465 e. The highest BCUT2D eigenvalue weighted by Crippen LogP contribution is 2.58. The summed E-state index contributed by atoms with van der Waals surface area (Å²) in [4.78, 5) is 40.1. The van der Waals surface area contributed by atoms with Gasteiger partial charge >= 0.3 is 23.8 Å². The third kappa shape index (κ3) is 10.3. The topological polar surface area (TPSA) is 78.9 Å². The molecule has 270 valence electrons. The first kappa shape index (κ1) is 39.9. The van der Waals surface area contributed by atoms with Crippen molar-refractivity contribution in [2.45, 2.75) is 53.1 Å². The third-order valence-corrected chi connectivity index (χ3v) is 10.8. The fourth-order valence-corrected chi connectivity index (χ4v) is 8.63. The van der Waals surface area contributed by atoms with E-state index >= 15 is 0 Å². The highest BCUT2D eigenvalue weighted by Gasteiger charge is 2.64. The minimum absolute atomic E-state index is 0.0146. The third-order valence-electron chi connectivity index (χ3n) is 8.54. The molecule has 3 aliphatic rings. The average molecular weight is 838 g/mol. The van der Waals surface area contributed by atoms with Gasteiger partial charge in [0.15, 0.2) is 14.7 Å². The van der Waals surface area contributed by atoms with Gasteiger partial charge in [-0.3, -0.25) is 9.59 Å². The molecule has 51 heavy (non-hydrogen) atoms. The molecular weight excluding hydrogens is 799 g/mol. The SMILES string of the molecule is CI.COC(=O)C(C)(F)F.O=C(OCc1cc(F)cc(F)c1)C1C2CC3OC(=O)C1C3C2.c1ccc([S+](c2ccccc2)c2ccccc2)cc1. The second-order valence-corrected chi connectivity index (χ2v) is 14.0. The van der Waals surface area contributed by atoms with Crippen molar-refractivity contribution < 1.29 is 46.2 Å². The maximum atomic E-state index is 13.1. The first-order valence-electron chi connectivity index (χ1n) is 16.0. The lowest BCUT2D eigenvalue weighted by molar-refractivity contribution is -0.165. The van der Waals surface area contributed by atoms with Crippen molar-refractivity contribution in [2.24, 2.45) is 23.7 Å². The Hall–Kier alpha value is -3.91. The van der Waals surface area contributed by atoms with Gasteiger partial charge in [-0.05, 0) is 77.8 Å². The van der Waals surface area contributed by atoms with E-state index in [4.69, 9.17) is 9.47 Å². The van der Waals surface area contributed by atoms with Gasteiger partial charge in [-0.1, -0.05) is 77.2 Å². The lowest BCUT2D eigenvalue weighted by atomic mass is 9.80. The van der Waals surface area contributed by atoms with E-state index in [9.17, 15) is 31.9 Å². The zero-order valence-corrected chi connectivity index (χ0v) is 31.1. The Labute approximate surface area is 311 Å². The Bertz CT molecular complexity index is 1630. The molecule has 5 atom stereocenters. The summed E-state index contributed by atoms with van der Waals surface area (Å²) >= 11 is 2.15. The van der Waals surface area contributed by atoms with Crippen LogP contribution in [0, 0.1) is 35.3 Å². The van der Waals surface area contributed by atoms with Gasteiger partial charge < -0.3 is 14.2 Å². The fraction of sp³-hybridized carbons (Fsp3) is 0.308. The molecule has 2 aliphatic carbocycles. The van der Waals surface area contributed by atoms with Crippen LogP contribution in [-0.2, 0) is 46.1 Å². The zero-order valence-electron chi connectivity index (χ0n) is 28.1. The van der Waals surface area contributed by atoms with E-state index in [-0.39, 0.29) is 47.0 Å². The molecule has 1 heterocycles. The molecule has 4 aromatic carbocycles. The summed E-state index contributed by atoms with van der Waals surface area (Å²) in [7, 11) is 0.902. The molecule has 5 unspecified atom stereocenters. The molecule has 3 fully saturated rings. The number of esters is 3. The quantitative estimate of drug-likeness (QED) is 0.0463.